The van der Waals surface area contributed by atoms with Crippen molar-refractivity contribution in [1.29, 1.82) is 0 Å². The van der Waals surface area contributed by atoms with Crippen LogP contribution in [0.4, 0.5) is 0 Å². The highest BCUT2D eigenvalue weighted by atomic mass is 35.5. The Morgan fingerprint density at radius 3 is 2.45 bits per heavy atom. The fraction of sp³-hybridized carbons (Fsp3) is 0.318. The lowest BCUT2D eigenvalue weighted by Gasteiger charge is -2.36. The number of nitrogens with one attached hydrogen (secondary N) is 1. The summed E-state index contributed by atoms with van der Waals surface area (Å²) in [5, 5.41) is 5.13. The topological polar surface area (TPSA) is 48.7 Å². The summed E-state index contributed by atoms with van der Waals surface area (Å²) in [4.78, 5) is 17.7. The van der Waals surface area contributed by atoms with Crippen molar-refractivity contribution in [3.8, 4) is 0 Å². The van der Waals surface area contributed by atoms with Gasteiger partial charge in [-0.05, 0) is 42.9 Å². The van der Waals surface area contributed by atoms with Crippen molar-refractivity contribution in [1.82, 2.24) is 15.1 Å². The number of piperazine rings is 1. The number of carbonyl (C=O) groups is 1. The first-order chi connectivity index (χ1) is 14.0. The molecule has 0 spiro atoms. The number of likely N-dealkylation sites (N-methyl/N-ethyl adjacent to an activating group) is 1. The highest BCUT2D eigenvalue weighted by Crippen LogP contribution is 2.29. The van der Waals surface area contributed by atoms with E-state index in [1.807, 2.05) is 30.3 Å². The van der Waals surface area contributed by atoms with Gasteiger partial charge in [0.05, 0.1) is 0 Å². The summed E-state index contributed by atoms with van der Waals surface area (Å²) in [6.45, 7) is 3.77. The average molecular weight is 432 g/mol. The first-order valence-electron chi connectivity index (χ1n) is 9.63. The van der Waals surface area contributed by atoms with E-state index in [1.165, 1.54) is 0 Å². The molecule has 1 unspecified atom stereocenters. The van der Waals surface area contributed by atoms with Gasteiger partial charge in [-0.3, -0.25) is 9.69 Å². The van der Waals surface area contributed by atoms with Gasteiger partial charge in [-0.25, -0.2) is 0 Å². The minimum absolute atomic E-state index is 0.0929. The van der Waals surface area contributed by atoms with Crippen molar-refractivity contribution in [2.45, 2.75) is 12.6 Å². The summed E-state index contributed by atoms with van der Waals surface area (Å²) in [5.41, 5.74) is 1.65. The van der Waals surface area contributed by atoms with E-state index in [2.05, 4.69) is 22.2 Å². The molecule has 2 heterocycles. The molecule has 2 aromatic carbocycles. The molecule has 1 aliphatic rings. The van der Waals surface area contributed by atoms with Gasteiger partial charge in [-0.2, -0.15) is 0 Å². The number of carbonyl (C=O) groups excluding carboxylic acids is 1. The van der Waals surface area contributed by atoms with Crippen LogP contribution in [-0.4, -0.2) is 48.9 Å². The van der Waals surface area contributed by atoms with Crippen LogP contribution in [-0.2, 0) is 11.3 Å². The number of fused-ring (bicyclic) bond motifs is 1. The van der Waals surface area contributed by atoms with E-state index in [0.717, 1.165) is 42.7 Å². The highest BCUT2D eigenvalue weighted by Gasteiger charge is 2.32. The van der Waals surface area contributed by atoms with Gasteiger partial charge in [0.2, 0.25) is 5.91 Å². The second-order valence-corrected chi connectivity index (χ2v) is 8.30. The summed E-state index contributed by atoms with van der Waals surface area (Å²) in [6.07, 6.45) is 0. The van der Waals surface area contributed by atoms with Crippen LogP contribution in [0.15, 0.2) is 52.9 Å². The SMILES string of the molecule is CN1CCN(C(C(=O)NCc2cc(Cl)cc(Cl)c2)c2cc3ccccc3o2)CC1. The second-order valence-electron chi connectivity index (χ2n) is 7.42. The smallest absolute Gasteiger partial charge is 0.245 e. The third-order valence-electron chi connectivity index (χ3n) is 5.25. The number of amides is 1. The number of furan rings is 1. The van der Waals surface area contributed by atoms with Crippen LogP contribution in [0.3, 0.4) is 0 Å². The van der Waals surface area contributed by atoms with E-state index in [0.29, 0.717) is 22.4 Å². The first-order valence-corrected chi connectivity index (χ1v) is 10.4. The zero-order valence-corrected chi connectivity index (χ0v) is 17.7. The molecule has 1 N–H and O–H groups in total. The zero-order chi connectivity index (χ0) is 20.4. The van der Waals surface area contributed by atoms with Gasteiger partial charge < -0.3 is 14.6 Å². The van der Waals surface area contributed by atoms with Crippen molar-refractivity contribution in [2.75, 3.05) is 33.2 Å². The van der Waals surface area contributed by atoms with Gasteiger partial charge >= 0.3 is 0 Å². The summed E-state index contributed by atoms with van der Waals surface area (Å²) < 4.78 is 6.06. The number of hydrogen-bond donors (Lipinski definition) is 1. The average Bonchev–Trinajstić information content (AvgIpc) is 3.11. The second kappa shape index (κ2) is 8.76. The maximum absolute atomic E-state index is 13.3. The molecule has 3 aromatic rings. The fourth-order valence-corrected chi connectivity index (χ4v) is 4.26. The monoisotopic (exact) mass is 431 g/mol. The van der Waals surface area contributed by atoms with Gasteiger partial charge in [0.15, 0.2) is 0 Å². The van der Waals surface area contributed by atoms with Crippen LogP contribution in [0.25, 0.3) is 11.0 Å². The summed E-state index contributed by atoms with van der Waals surface area (Å²) in [5.74, 6) is 0.571. The van der Waals surface area contributed by atoms with E-state index >= 15 is 0 Å². The van der Waals surface area contributed by atoms with Crippen LogP contribution < -0.4 is 5.32 Å². The molecule has 5 nitrogen and oxygen atoms in total. The molecule has 0 saturated carbocycles. The van der Waals surface area contributed by atoms with Crippen LogP contribution in [0.1, 0.15) is 17.4 Å². The van der Waals surface area contributed by atoms with E-state index in [4.69, 9.17) is 27.6 Å². The number of hydrogen-bond acceptors (Lipinski definition) is 4. The molecule has 1 aromatic heterocycles. The Bertz CT molecular complexity index is 959. The van der Waals surface area contributed by atoms with Gasteiger partial charge in [0.1, 0.15) is 17.4 Å². The predicted molar refractivity (Wildman–Crippen MR) is 116 cm³/mol. The van der Waals surface area contributed by atoms with E-state index < -0.39 is 6.04 Å². The van der Waals surface area contributed by atoms with Gasteiger partial charge in [0.25, 0.3) is 0 Å². The van der Waals surface area contributed by atoms with Crippen molar-refractivity contribution in [2.24, 2.45) is 0 Å². The van der Waals surface area contributed by atoms with Crippen molar-refractivity contribution in [3.05, 3.63) is 69.9 Å². The summed E-state index contributed by atoms with van der Waals surface area (Å²) in [6, 6.07) is 14.6. The molecule has 7 heteroatoms. The molecule has 152 valence electrons. The molecule has 1 amide bonds. The van der Waals surface area contributed by atoms with Crippen molar-refractivity contribution >= 4 is 40.1 Å². The Balaban J connectivity index is 1.57. The summed E-state index contributed by atoms with van der Waals surface area (Å²) >= 11 is 12.2. The minimum Gasteiger partial charge on any atom is -0.459 e. The summed E-state index contributed by atoms with van der Waals surface area (Å²) in [7, 11) is 2.09. The Labute approximate surface area is 180 Å². The Morgan fingerprint density at radius 2 is 1.76 bits per heavy atom. The predicted octanol–water partition coefficient (Wildman–Crippen LogP) is 4.34. The Kier molecular flexibility index (Phi) is 6.11. The first kappa shape index (κ1) is 20.2. The van der Waals surface area contributed by atoms with Crippen molar-refractivity contribution in [3.63, 3.8) is 0 Å². The minimum atomic E-state index is -0.481. The maximum Gasteiger partial charge on any atom is 0.245 e. The normalized spacial score (nSPS) is 16.8. The van der Waals surface area contributed by atoms with Crippen LogP contribution in [0, 0.1) is 0 Å². The molecule has 1 aliphatic heterocycles. The molecule has 1 fully saturated rings. The molecular weight excluding hydrogens is 409 g/mol. The lowest BCUT2D eigenvalue weighted by atomic mass is 10.1. The number of para-hydroxylation sites is 1. The maximum atomic E-state index is 13.3. The highest BCUT2D eigenvalue weighted by molar-refractivity contribution is 6.34. The fourth-order valence-electron chi connectivity index (χ4n) is 3.69. The number of nitrogens with zero attached hydrogens (tertiary/aromatic N) is 2. The standard InChI is InChI=1S/C22H23Cl2N3O2/c1-26-6-8-27(9-7-26)21(20-12-16-4-2-3-5-19(16)29-20)22(28)25-14-15-10-17(23)13-18(24)11-15/h2-5,10-13,21H,6-9,14H2,1H3,(H,25,28). The van der Waals surface area contributed by atoms with E-state index in [-0.39, 0.29) is 5.91 Å². The van der Waals surface area contributed by atoms with Crippen LogP contribution in [0.2, 0.25) is 10.0 Å². The van der Waals surface area contributed by atoms with E-state index in [1.54, 1.807) is 18.2 Å². The molecular formula is C22H23Cl2N3O2. The molecule has 1 atom stereocenters. The molecule has 0 aliphatic carbocycles. The molecule has 0 bridgehead atoms. The zero-order valence-electron chi connectivity index (χ0n) is 16.2. The third-order valence-corrected chi connectivity index (χ3v) is 5.69. The molecule has 1 saturated heterocycles. The Hall–Kier alpha value is -2.05. The molecule has 29 heavy (non-hydrogen) atoms. The number of rotatable bonds is 5. The van der Waals surface area contributed by atoms with Gasteiger partial charge in [-0.1, -0.05) is 41.4 Å². The quantitative estimate of drug-likeness (QED) is 0.652. The number of benzene rings is 2. The lowest BCUT2D eigenvalue weighted by molar-refractivity contribution is -0.128. The van der Waals surface area contributed by atoms with Gasteiger partial charge in [0, 0.05) is 48.2 Å². The lowest BCUT2D eigenvalue weighted by Crippen LogP contribution is -2.49. The third kappa shape index (κ3) is 4.75. The molecule has 4 rings (SSSR count). The van der Waals surface area contributed by atoms with Crippen molar-refractivity contribution < 1.29 is 9.21 Å². The van der Waals surface area contributed by atoms with Crippen LogP contribution >= 0.6 is 23.2 Å². The largest absolute Gasteiger partial charge is 0.459 e. The Morgan fingerprint density at radius 1 is 1.07 bits per heavy atom. The number of halogens is 2. The van der Waals surface area contributed by atoms with Crippen LogP contribution in [0.5, 0.6) is 0 Å². The molecule has 0 radical (unpaired) electrons. The van der Waals surface area contributed by atoms with Gasteiger partial charge in [-0.15, -0.1) is 0 Å². The van der Waals surface area contributed by atoms with E-state index in [9.17, 15) is 4.79 Å².